The Hall–Kier alpha value is -2.77. The third-order valence-electron chi connectivity index (χ3n) is 7.95. The SMILES string of the molecule is COC(=O)CCC/C=C\C[C@@H](O)/C=C/[C@@H]1O[C@H]1C/C=C\CCCCCO[Si](c1ccccc1)(c1ccccc1)C(C)(C)C. The highest BCUT2D eigenvalue weighted by Gasteiger charge is 2.49. The molecule has 1 heterocycles. The molecular weight excluding hydrogens is 552 g/mol. The van der Waals surface area contributed by atoms with Crippen LogP contribution in [0.1, 0.15) is 78.6 Å². The second-order valence-electron chi connectivity index (χ2n) is 12.3. The zero-order chi connectivity index (χ0) is 31.0. The molecule has 0 spiro atoms. The van der Waals surface area contributed by atoms with E-state index >= 15 is 0 Å². The number of carbonyl (C=O) groups is 1. The number of rotatable bonds is 19. The van der Waals surface area contributed by atoms with Gasteiger partial charge in [0.15, 0.2) is 0 Å². The second-order valence-corrected chi connectivity index (χ2v) is 16.6. The zero-order valence-electron chi connectivity index (χ0n) is 26.6. The van der Waals surface area contributed by atoms with Crippen LogP contribution in [0.15, 0.2) is 97.1 Å². The van der Waals surface area contributed by atoms with Crippen LogP contribution in [0.4, 0.5) is 0 Å². The number of epoxide rings is 1. The molecule has 1 aliphatic rings. The molecule has 2 aromatic carbocycles. The normalized spacial score (nSPS) is 18.1. The van der Waals surface area contributed by atoms with Crippen molar-refractivity contribution in [1.82, 2.24) is 0 Å². The highest BCUT2D eigenvalue weighted by atomic mass is 28.4. The van der Waals surface area contributed by atoms with Gasteiger partial charge in [0.25, 0.3) is 8.32 Å². The molecule has 0 amide bonds. The molecule has 0 bridgehead atoms. The molecule has 3 rings (SSSR count). The van der Waals surface area contributed by atoms with Crippen LogP contribution >= 0.6 is 0 Å². The number of aliphatic hydroxyl groups is 1. The maximum Gasteiger partial charge on any atom is 0.305 e. The van der Waals surface area contributed by atoms with Crippen LogP contribution in [0.25, 0.3) is 0 Å². The van der Waals surface area contributed by atoms with Gasteiger partial charge in [0.2, 0.25) is 0 Å². The summed E-state index contributed by atoms with van der Waals surface area (Å²) in [7, 11) is -1.04. The van der Waals surface area contributed by atoms with Crippen molar-refractivity contribution in [3.05, 3.63) is 97.1 Å². The molecule has 0 aliphatic carbocycles. The number of allylic oxidation sites excluding steroid dienone is 2. The van der Waals surface area contributed by atoms with Gasteiger partial charge in [0.05, 0.1) is 19.3 Å². The molecule has 3 atom stereocenters. The standard InChI is InChI=1S/C37H52O5Si/c1-37(2,3)43(32-22-14-11-15-23-32,33-24-16-12-17-25-33)41-30-20-10-6-5-7-18-26-34-35(42-34)29-28-31(38)21-13-8-9-19-27-36(39)40-4/h7-8,11-18,22-25,28-29,31,34-35,38H,5-6,9-10,19-21,26-27,30H2,1-4H3/b13-8-,18-7-,29-28+/t31-,34+,35+/m1/s1. The molecular formula is C37H52O5Si. The first-order valence-electron chi connectivity index (χ1n) is 15.9. The summed E-state index contributed by atoms with van der Waals surface area (Å²) >= 11 is 0. The molecule has 0 unspecified atom stereocenters. The van der Waals surface area contributed by atoms with Crippen LogP contribution < -0.4 is 10.4 Å². The number of esters is 1. The van der Waals surface area contributed by atoms with E-state index in [1.54, 1.807) is 0 Å². The van der Waals surface area contributed by atoms with Gasteiger partial charge >= 0.3 is 5.97 Å². The Kier molecular flexibility index (Phi) is 14.6. The van der Waals surface area contributed by atoms with Crippen molar-refractivity contribution < 1.29 is 23.8 Å². The average Bonchev–Trinajstić information content (AvgIpc) is 3.77. The van der Waals surface area contributed by atoms with Gasteiger partial charge < -0.3 is 19.0 Å². The number of hydrogen-bond donors (Lipinski definition) is 1. The fourth-order valence-electron chi connectivity index (χ4n) is 5.53. The van der Waals surface area contributed by atoms with E-state index in [1.165, 1.54) is 17.5 Å². The van der Waals surface area contributed by atoms with Gasteiger partial charge in [-0.15, -0.1) is 0 Å². The van der Waals surface area contributed by atoms with E-state index in [0.29, 0.717) is 12.8 Å². The van der Waals surface area contributed by atoms with Crippen LogP contribution in [0, 0.1) is 0 Å². The van der Waals surface area contributed by atoms with E-state index in [1.807, 2.05) is 24.3 Å². The molecule has 0 saturated carbocycles. The Bertz CT molecular complexity index is 1110. The Morgan fingerprint density at radius 1 is 0.907 bits per heavy atom. The quantitative estimate of drug-likeness (QED) is 0.0612. The monoisotopic (exact) mass is 604 g/mol. The van der Waals surface area contributed by atoms with Crippen LogP contribution in [-0.2, 0) is 18.7 Å². The highest BCUT2D eigenvalue weighted by Crippen LogP contribution is 2.37. The lowest BCUT2D eigenvalue weighted by Crippen LogP contribution is -2.66. The molecule has 1 saturated heterocycles. The minimum absolute atomic E-state index is 0.0131. The number of carbonyl (C=O) groups excluding carboxylic acids is 1. The topological polar surface area (TPSA) is 68.3 Å². The van der Waals surface area contributed by atoms with Crippen LogP contribution in [-0.4, -0.2) is 51.4 Å². The largest absolute Gasteiger partial charge is 0.469 e. The molecule has 1 N–H and O–H groups in total. The Morgan fingerprint density at radius 2 is 1.53 bits per heavy atom. The molecule has 234 valence electrons. The third-order valence-corrected chi connectivity index (χ3v) is 13.0. The van der Waals surface area contributed by atoms with Crippen molar-refractivity contribution in [2.75, 3.05) is 13.7 Å². The lowest BCUT2D eigenvalue weighted by atomic mass is 10.1. The van der Waals surface area contributed by atoms with Crippen molar-refractivity contribution in [3.8, 4) is 0 Å². The average molecular weight is 605 g/mol. The van der Waals surface area contributed by atoms with E-state index in [9.17, 15) is 9.90 Å². The summed E-state index contributed by atoms with van der Waals surface area (Å²) in [5, 5.41) is 12.8. The smallest absolute Gasteiger partial charge is 0.305 e. The maximum absolute atomic E-state index is 11.1. The molecule has 0 aromatic heterocycles. The van der Waals surface area contributed by atoms with Crippen molar-refractivity contribution in [2.45, 2.75) is 102 Å². The van der Waals surface area contributed by atoms with Gasteiger partial charge in [0, 0.05) is 13.0 Å². The van der Waals surface area contributed by atoms with Crippen LogP contribution in [0.3, 0.4) is 0 Å². The number of hydrogen-bond acceptors (Lipinski definition) is 5. The number of aliphatic hydroxyl groups excluding tert-OH is 1. The van der Waals surface area contributed by atoms with E-state index < -0.39 is 14.4 Å². The fourth-order valence-corrected chi connectivity index (χ4v) is 10.1. The highest BCUT2D eigenvalue weighted by molar-refractivity contribution is 6.99. The Labute approximate surface area is 260 Å². The lowest BCUT2D eigenvalue weighted by molar-refractivity contribution is -0.140. The maximum atomic E-state index is 11.1. The van der Waals surface area contributed by atoms with E-state index in [-0.39, 0.29) is 23.2 Å². The van der Waals surface area contributed by atoms with E-state index in [2.05, 4.69) is 98.3 Å². The van der Waals surface area contributed by atoms with Crippen molar-refractivity contribution >= 4 is 24.7 Å². The Balaban J connectivity index is 1.32. The summed E-state index contributed by atoms with van der Waals surface area (Å²) in [4.78, 5) is 11.1. The number of methoxy groups -OCH3 is 1. The van der Waals surface area contributed by atoms with Crippen molar-refractivity contribution in [2.24, 2.45) is 0 Å². The van der Waals surface area contributed by atoms with Gasteiger partial charge in [-0.3, -0.25) is 4.79 Å². The second kappa shape index (κ2) is 18.1. The number of ether oxygens (including phenoxy) is 2. The summed E-state index contributed by atoms with van der Waals surface area (Å²) in [6.07, 6.45) is 19.9. The van der Waals surface area contributed by atoms with E-state index in [0.717, 1.165) is 51.6 Å². The van der Waals surface area contributed by atoms with Crippen molar-refractivity contribution in [1.29, 1.82) is 0 Å². The minimum Gasteiger partial charge on any atom is -0.469 e. The molecule has 1 fully saturated rings. The molecule has 5 nitrogen and oxygen atoms in total. The minimum atomic E-state index is -2.44. The number of benzene rings is 2. The molecule has 6 heteroatoms. The predicted octanol–water partition coefficient (Wildman–Crippen LogP) is 7.04. The van der Waals surface area contributed by atoms with Crippen LogP contribution in [0.5, 0.6) is 0 Å². The fraction of sp³-hybridized carbons (Fsp3) is 0.486. The molecule has 1 aliphatic heterocycles. The molecule has 2 aromatic rings. The molecule has 43 heavy (non-hydrogen) atoms. The zero-order valence-corrected chi connectivity index (χ0v) is 27.6. The Morgan fingerprint density at radius 3 is 2.16 bits per heavy atom. The van der Waals surface area contributed by atoms with Gasteiger partial charge in [0.1, 0.15) is 6.10 Å². The summed E-state index contributed by atoms with van der Waals surface area (Å²) in [5.41, 5.74) is 0. The first-order chi connectivity index (χ1) is 20.8. The van der Waals surface area contributed by atoms with Gasteiger partial charge in [-0.2, -0.15) is 0 Å². The molecule has 0 radical (unpaired) electrons. The predicted molar refractivity (Wildman–Crippen MR) is 179 cm³/mol. The first-order valence-corrected chi connectivity index (χ1v) is 17.8. The van der Waals surface area contributed by atoms with Gasteiger partial charge in [-0.25, -0.2) is 0 Å². The van der Waals surface area contributed by atoms with Crippen molar-refractivity contribution in [3.63, 3.8) is 0 Å². The first kappa shape index (κ1) is 34.7. The summed E-state index contributed by atoms with van der Waals surface area (Å²) in [5.74, 6) is -0.182. The number of unbranched alkanes of at least 4 members (excludes halogenated alkanes) is 4. The van der Waals surface area contributed by atoms with E-state index in [4.69, 9.17) is 9.16 Å². The van der Waals surface area contributed by atoms with Gasteiger partial charge in [-0.1, -0.05) is 124 Å². The summed E-state index contributed by atoms with van der Waals surface area (Å²) in [6, 6.07) is 21.7. The summed E-state index contributed by atoms with van der Waals surface area (Å²) in [6.45, 7) is 7.76. The summed E-state index contributed by atoms with van der Waals surface area (Å²) < 4.78 is 17.3. The lowest BCUT2D eigenvalue weighted by Gasteiger charge is -2.43. The van der Waals surface area contributed by atoms with Crippen LogP contribution in [0.2, 0.25) is 5.04 Å². The van der Waals surface area contributed by atoms with Gasteiger partial charge in [-0.05, 0) is 60.4 Å². The third kappa shape index (κ3) is 11.3.